The SMILES string of the molecule is CCc1nc2n(n1)C[C@@H](NCC(=O)Nc1oc(C)c(C)c1C#N)CC2. The van der Waals surface area contributed by atoms with E-state index in [0.29, 0.717) is 17.9 Å². The van der Waals surface area contributed by atoms with E-state index in [-0.39, 0.29) is 24.4 Å². The minimum absolute atomic E-state index is 0.152. The molecule has 0 spiro atoms. The zero-order valence-electron chi connectivity index (χ0n) is 14.7. The third kappa shape index (κ3) is 3.56. The summed E-state index contributed by atoms with van der Waals surface area (Å²) in [5, 5.41) is 19.6. The fraction of sp³-hybridized carbons (Fsp3) is 0.529. The fourth-order valence-corrected chi connectivity index (χ4v) is 2.93. The average molecular weight is 342 g/mol. The number of amides is 1. The van der Waals surface area contributed by atoms with Gasteiger partial charge in [0.2, 0.25) is 11.8 Å². The van der Waals surface area contributed by atoms with Crippen LogP contribution >= 0.6 is 0 Å². The molecule has 25 heavy (non-hydrogen) atoms. The van der Waals surface area contributed by atoms with Crippen molar-refractivity contribution in [2.75, 3.05) is 11.9 Å². The number of nitrogens with one attached hydrogen (secondary N) is 2. The third-order valence-electron chi connectivity index (χ3n) is 4.52. The van der Waals surface area contributed by atoms with Crippen molar-refractivity contribution in [3.8, 4) is 6.07 Å². The molecule has 8 heteroatoms. The number of aromatic nitrogens is 3. The van der Waals surface area contributed by atoms with Gasteiger partial charge in [0.25, 0.3) is 0 Å². The zero-order valence-corrected chi connectivity index (χ0v) is 14.7. The second kappa shape index (κ2) is 7.07. The molecule has 0 saturated carbocycles. The Morgan fingerprint density at radius 3 is 3.00 bits per heavy atom. The Morgan fingerprint density at radius 2 is 2.28 bits per heavy atom. The van der Waals surface area contributed by atoms with Crippen LogP contribution in [0.3, 0.4) is 0 Å². The van der Waals surface area contributed by atoms with Crippen molar-refractivity contribution in [2.45, 2.75) is 52.6 Å². The van der Waals surface area contributed by atoms with Crippen molar-refractivity contribution in [2.24, 2.45) is 0 Å². The number of carbonyl (C=O) groups is 1. The molecule has 3 heterocycles. The summed E-state index contributed by atoms with van der Waals surface area (Å²) in [6.07, 6.45) is 2.59. The number of anilines is 1. The van der Waals surface area contributed by atoms with Crippen LogP contribution in [0.15, 0.2) is 4.42 Å². The summed E-state index contributed by atoms with van der Waals surface area (Å²) < 4.78 is 7.38. The maximum Gasteiger partial charge on any atom is 0.240 e. The van der Waals surface area contributed by atoms with Crippen LogP contribution in [-0.2, 0) is 24.2 Å². The molecule has 2 aromatic heterocycles. The predicted molar refractivity (Wildman–Crippen MR) is 91.0 cm³/mol. The van der Waals surface area contributed by atoms with Gasteiger partial charge in [0.15, 0.2) is 5.82 Å². The molecule has 0 fully saturated rings. The van der Waals surface area contributed by atoms with Gasteiger partial charge in [-0.05, 0) is 20.3 Å². The smallest absolute Gasteiger partial charge is 0.240 e. The Hall–Kier alpha value is -2.66. The monoisotopic (exact) mass is 342 g/mol. The van der Waals surface area contributed by atoms with Gasteiger partial charge in [0.05, 0.1) is 13.1 Å². The van der Waals surface area contributed by atoms with Gasteiger partial charge in [-0.1, -0.05) is 6.92 Å². The third-order valence-corrected chi connectivity index (χ3v) is 4.52. The first-order chi connectivity index (χ1) is 12.0. The van der Waals surface area contributed by atoms with Crippen LogP contribution in [0, 0.1) is 25.2 Å². The number of rotatable bonds is 5. The second-order valence-electron chi connectivity index (χ2n) is 6.24. The van der Waals surface area contributed by atoms with Crippen LogP contribution in [0.4, 0.5) is 5.88 Å². The molecule has 2 N–H and O–H groups in total. The molecule has 0 unspecified atom stereocenters. The van der Waals surface area contributed by atoms with Crippen molar-refractivity contribution in [1.82, 2.24) is 20.1 Å². The molecule has 1 aliphatic rings. The topological polar surface area (TPSA) is 109 Å². The number of nitrogens with zero attached hydrogens (tertiary/aromatic N) is 4. The Morgan fingerprint density at radius 1 is 1.48 bits per heavy atom. The van der Waals surface area contributed by atoms with Gasteiger partial charge in [0, 0.05) is 24.4 Å². The van der Waals surface area contributed by atoms with Crippen LogP contribution in [0.2, 0.25) is 0 Å². The van der Waals surface area contributed by atoms with E-state index >= 15 is 0 Å². The van der Waals surface area contributed by atoms with E-state index in [4.69, 9.17) is 4.42 Å². The van der Waals surface area contributed by atoms with E-state index in [9.17, 15) is 10.1 Å². The van der Waals surface area contributed by atoms with Gasteiger partial charge in [-0.15, -0.1) is 0 Å². The minimum Gasteiger partial charge on any atom is -0.444 e. The van der Waals surface area contributed by atoms with Gasteiger partial charge in [-0.25, -0.2) is 9.67 Å². The normalized spacial score (nSPS) is 16.3. The molecule has 0 aromatic carbocycles. The summed E-state index contributed by atoms with van der Waals surface area (Å²) >= 11 is 0. The number of carbonyl (C=O) groups excluding carboxylic acids is 1. The molecule has 1 atom stereocenters. The van der Waals surface area contributed by atoms with Crippen molar-refractivity contribution in [1.29, 1.82) is 5.26 Å². The molecule has 2 aromatic rings. The molecular formula is C17H22N6O2. The minimum atomic E-state index is -0.233. The molecular weight excluding hydrogens is 320 g/mol. The highest BCUT2D eigenvalue weighted by Crippen LogP contribution is 2.25. The summed E-state index contributed by atoms with van der Waals surface area (Å²) in [4.78, 5) is 16.6. The van der Waals surface area contributed by atoms with E-state index in [1.165, 1.54) is 0 Å². The van der Waals surface area contributed by atoms with E-state index in [0.717, 1.165) is 36.5 Å². The zero-order chi connectivity index (χ0) is 18.0. The van der Waals surface area contributed by atoms with Crippen LogP contribution < -0.4 is 10.6 Å². The molecule has 0 aliphatic carbocycles. The van der Waals surface area contributed by atoms with E-state index in [1.807, 2.05) is 11.6 Å². The first-order valence-electron chi connectivity index (χ1n) is 8.47. The molecule has 0 radical (unpaired) electrons. The molecule has 1 aliphatic heterocycles. The highest BCUT2D eigenvalue weighted by atomic mass is 16.4. The van der Waals surface area contributed by atoms with Crippen LogP contribution in [0.1, 0.15) is 41.9 Å². The van der Waals surface area contributed by atoms with Gasteiger partial charge in [-0.3, -0.25) is 10.1 Å². The Balaban J connectivity index is 1.55. The molecule has 1 amide bonds. The second-order valence-corrected chi connectivity index (χ2v) is 6.24. The van der Waals surface area contributed by atoms with E-state index < -0.39 is 0 Å². The summed E-state index contributed by atoms with van der Waals surface area (Å²) in [5.41, 5.74) is 1.13. The lowest BCUT2D eigenvalue weighted by Gasteiger charge is -2.23. The van der Waals surface area contributed by atoms with Crippen molar-refractivity contribution in [3.63, 3.8) is 0 Å². The highest BCUT2D eigenvalue weighted by Gasteiger charge is 2.22. The van der Waals surface area contributed by atoms with Crippen LogP contribution in [0.5, 0.6) is 0 Å². The van der Waals surface area contributed by atoms with E-state index in [1.54, 1.807) is 13.8 Å². The summed E-state index contributed by atoms with van der Waals surface area (Å²) in [7, 11) is 0. The maximum atomic E-state index is 12.2. The fourth-order valence-electron chi connectivity index (χ4n) is 2.93. The number of nitriles is 1. The van der Waals surface area contributed by atoms with Gasteiger partial charge >= 0.3 is 0 Å². The summed E-state index contributed by atoms with van der Waals surface area (Å²) in [5.74, 6) is 2.50. The maximum absolute atomic E-state index is 12.2. The Bertz CT molecular complexity index is 829. The number of hydrogen-bond donors (Lipinski definition) is 2. The first kappa shape index (κ1) is 17.2. The number of furan rings is 1. The lowest BCUT2D eigenvalue weighted by molar-refractivity contribution is -0.115. The first-order valence-corrected chi connectivity index (χ1v) is 8.47. The lowest BCUT2D eigenvalue weighted by Crippen LogP contribution is -2.41. The van der Waals surface area contributed by atoms with Crippen molar-refractivity contribution in [3.05, 3.63) is 28.5 Å². The van der Waals surface area contributed by atoms with Crippen molar-refractivity contribution < 1.29 is 9.21 Å². The quantitative estimate of drug-likeness (QED) is 0.851. The van der Waals surface area contributed by atoms with Gasteiger partial charge in [0.1, 0.15) is 23.2 Å². The Labute approximate surface area is 146 Å². The highest BCUT2D eigenvalue weighted by molar-refractivity contribution is 5.92. The molecule has 132 valence electrons. The Kier molecular flexibility index (Phi) is 4.86. The van der Waals surface area contributed by atoms with E-state index in [2.05, 4.69) is 26.8 Å². The molecule has 8 nitrogen and oxygen atoms in total. The standard InChI is InChI=1S/C17H22N6O2/c1-4-14-20-15-6-5-12(9-23(15)22-14)19-8-16(24)21-17-13(7-18)10(2)11(3)25-17/h12,19H,4-6,8-9H2,1-3H3,(H,21,24)/t12-/m0/s1. The van der Waals surface area contributed by atoms with Gasteiger partial charge in [-0.2, -0.15) is 10.4 Å². The van der Waals surface area contributed by atoms with Gasteiger partial charge < -0.3 is 9.73 Å². The number of aryl methyl sites for hydroxylation is 3. The largest absolute Gasteiger partial charge is 0.444 e. The van der Waals surface area contributed by atoms with Crippen LogP contribution in [-0.4, -0.2) is 33.3 Å². The molecule has 0 bridgehead atoms. The summed E-state index contributed by atoms with van der Waals surface area (Å²) in [6.45, 7) is 6.46. The molecule has 3 rings (SSSR count). The average Bonchev–Trinajstić information content (AvgIpc) is 3.13. The number of fused-ring (bicyclic) bond motifs is 1. The predicted octanol–water partition coefficient (Wildman–Crippen LogP) is 1.47. The summed E-state index contributed by atoms with van der Waals surface area (Å²) in [6, 6.07) is 2.23. The van der Waals surface area contributed by atoms with Crippen molar-refractivity contribution >= 4 is 11.8 Å². The molecule has 0 saturated heterocycles. The van der Waals surface area contributed by atoms with Crippen LogP contribution in [0.25, 0.3) is 0 Å². The lowest BCUT2D eigenvalue weighted by atomic mass is 10.1. The number of hydrogen-bond acceptors (Lipinski definition) is 6.